The first kappa shape index (κ1) is 7.80. The van der Waals surface area contributed by atoms with E-state index in [1.165, 1.54) is 25.7 Å². The predicted octanol–water partition coefficient (Wildman–Crippen LogP) is 2.74. The van der Waals surface area contributed by atoms with Crippen LogP contribution in [-0.2, 0) is 0 Å². The van der Waals surface area contributed by atoms with Gasteiger partial charge in [-0.3, -0.25) is 0 Å². The third kappa shape index (κ3) is 1.35. The third-order valence-electron chi connectivity index (χ3n) is 3.48. The number of anilines is 1. The second-order valence-electron chi connectivity index (χ2n) is 4.26. The highest BCUT2D eigenvalue weighted by atomic mass is 32.1. The van der Waals surface area contributed by atoms with Crippen molar-refractivity contribution in [3.63, 3.8) is 0 Å². The van der Waals surface area contributed by atoms with Gasteiger partial charge in [-0.25, -0.2) is 4.98 Å². The van der Waals surface area contributed by atoms with Crippen molar-refractivity contribution in [1.29, 1.82) is 0 Å². The van der Waals surface area contributed by atoms with Crippen LogP contribution in [-0.4, -0.2) is 11.0 Å². The lowest BCUT2D eigenvalue weighted by molar-refractivity contribution is 0.439. The number of thiazole rings is 1. The van der Waals surface area contributed by atoms with Crippen LogP contribution in [0.25, 0.3) is 0 Å². The fraction of sp³-hybridized carbons (Fsp3) is 0.700. The van der Waals surface area contributed by atoms with Gasteiger partial charge in [0, 0.05) is 17.6 Å². The molecule has 1 aromatic rings. The van der Waals surface area contributed by atoms with Gasteiger partial charge >= 0.3 is 0 Å². The van der Waals surface area contributed by atoms with Crippen LogP contribution in [0.15, 0.2) is 11.6 Å². The van der Waals surface area contributed by atoms with Crippen molar-refractivity contribution in [2.24, 2.45) is 11.8 Å². The molecule has 2 fully saturated rings. The van der Waals surface area contributed by atoms with E-state index >= 15 is 0 Å². The third-order valence-corrected chi connectivity index (χ3v) is 4.18. The van der Waals surface area contributed by atoms with Gasteiger partial charge in [-0.1, -0.05) is 6.42 Å². The maximum atomic E-state index is 4.27. The normalized spacial score (nSPS) is 36.8. The molecule has 0 spiro atoms. The molecule has 0 radical (unpaired) electrons. The smallest absolute Gasteiger partial charge is 0.182 e. The zero-order chi connectivity index (χ0) is 8.67. The van der Waals surface area contributed by atoms with Crippen molar-refractivity contribution in [2.75, 3.05) is 5.32 Å². The molecule has 3 atom stereocenters. The molecule has 13 heavy (non-hydrogen) atoms. The van der Waals surface area contributed by atoms with Crippen molar-refractivity contribution in [2.45, 2.75) is 31.7 Å². The van der Waals surface area contributed by atoms with E-state index in [9.17, 15) is 0 Å². The molecule has 1 aromatic heterocycles. The fourth-order valence-corrected chi connectivity index (χ4v) is 3.47. The first-order valence-electron chi connectivity index (χ1n) is 5.08. The van der Waals surface area contributed by atoms with Crippen LogP contribution in [0.2, 0.25) is 0 Å². The van der Waals surface area contributed by atoms with Crippen LogP contribution >= 0.6 is 11.3 Å². The molecule has 0 saturated heterocycles. The summed E-state index contributed by atoms with van der Waals surface area (Å²) in [6.45, 7) is 0. The van der Waals surface area contributed by atoms with Gasteiger partial charge in [0.05, 0.1) is 0 Å². The summed E-state index contributed by atoms with van der Waals surface area (Å²) in [6, 6.07) is 0.727. The molecule has 2 nitrogen and oxygen atoms in total. The minimum absolute atomic E-state index is 0.727. The van der Waals surface area contributed by atoms with Crippen LogP contribution in [0, 0.1) is 11.8 Å². The van der Waals surface area contributed by atoms with E-state index < -0.39 is 0 Å². The van der Waals surface area contributed by atoms with Crippen molar-refractivity contribution in [3.8, 4) is 0 Å². The molecule has 2 aliphatic rings. The SMILES string of the molecule is c1csc(NC2CC3CCC2C3)n1. The van der Waals surface area contributed by atoms with E-state index in [1.54, 1.807) is 11.3 Å². The summed E-state index contributed by atoms with van der Waals surface area (Å²) in [5.41, 5.74) is 0. The molecular weight excluding hydrogens is 180 g/mol. The van der Waals surface area contributed by atoms with E-state index in [4.69, 9.17) is 0 Å². The van der Waals surface area contributed by atoms with Gasteiger partial charge in [0.1, 0.15) is 0 Å². The number of nitrogens with zero attached hydrogens (tertiary/aromatic N) is 1. The average Bonchev–Trinajstić information content (AvgIpc) is 2.77. The van der Waals surface area contributed by atoms with Crippen molar-refractivity contribution < 1.29 is 0 Å². The molecule has 1 heterocycles. The van der Waals surface area contributed by atoms with Crippen LogP contribution < -0.4 is 5.32 Å². The Morgan fingerprint density at radius 1 is 1.38 bits per heavy atom. The molecule has 3 unspecified atom stereocenters. The average molecular weight is 194 g/mol. The summed E-state index contributed by atoms with van der Waals surface area (Å²) in [4.78, 5) is 4.27. The van der Waals surface area contributed by atoms with Crippen LogP contribution in [0.1, 0.15) is 25.7 Å². The summed E-state index contributed by atoms with van der Waals surface area (Å²) in [5.74, 6) is 1.95. The van der Waals surface area contributed by atoms with E-state index in [1.807, 2.05) is 11.6 Å². The van der Waals surface area contributed by atoms with E-state index in [-0.39, 0.29) is 0 Å². The van der Waals surface area contributed by atoms with E-state index in [2.05, 4.69) is 10.3 Å². The van der Waals surface area contributed by atoms with Crippen molar-refractivity contribution in [1.82, 2.24) is 4.98 Å². The summed E-state index contributed by atoms with van der Waals surface area (Å²) in [5, 5.41) is 6.71. The molecule has 2 saturated carbocycles. The maximum absolute atomic E-state index is 4.27. The topological polar surface area (TPSA) is 24.9 Å². The highest BCUT2D eigenvalue weighted by Gasteiger charge is 2.39. The van der Waals surface area contributed by atoms with Gasteiger partial charge in [-0.2, -0.15) is 0 Å². The number of fused-ring (bicyclic) bond motifs is 2. The number of hydrogen-bond acceptors (Lipinski definition) is 3. The molecule has 0 aliphatic heterocycles. The number of rotatable bonds is 2. The monoisotopic (exact) mass is 194 g/mol. The largest absolute Gasteiger partial charge is 0.359 e. The highest BCUT2D eigenvalue weighted by Crippen LogP contribution is 2.45. The Labute approximate surface area is 82.4 Å². The van der Waals surface area contributed by atoms with Crippen LogP contribution in [0.4, 0.5) is 5.13 Å². The number of hydrogen-bond donors (Lipinski definition) is 1. The maximum Gasteiger partial charge on any atom is 0.182 e. The molecule has 2 aliphatic carbocycles. The summed E-state index contributed by atoms with van der Waals surface area (Å²) in [7, 11) is 0. The summed E-state index contributed by atoms with van der Waals surface area (Å²) in [6.07, 6.45) is 7.63. The Bertz CT molecular complexity index is 283. The predicted molar refractivity (Wildman–Crippen MR) is 55.0 cm³/mol. The molecular formula is C10H14N2S. The second-order valence-corrected chi connectivity index (χ2v) is 5.16. The summed E-state index contributed by atoms with van der Waals surface area (Å²) >= 11 is 1.71. The lowest BCUT2D eigenvalue weighted by atomic mass is 9.96. The standard InChI is InChI=1S/C10H14N2S/c1-2-8-5-7(1)6-9(8)12-10-11-3-4-13-10/h3-4,7-9H,1-2,5-6H2,(H,11,12). The van der Waals surface area contributed by atoms with Crippen molar-refractivity contribution >= 4 is 16.5 Å². The quantitative estimate of drug-likeness (QED) is 0.783. The lowest BCUT2D eigenvalue weighted by Crippen LogP contribution is -2.25. The van der Waals surface area contributed by atoms with Gasteiger partial charge in [0.2, 0.25) is 0 Å². The van der Waals surface area contributed by atoms with Crippen LogP contribution in [0.5, 0.6) is 0 Å². The Kier molecular flexibility index (Phi) is 1.79. The van der Waals surface area contributed by atoms with Gasteiger partial charge < -0.3 is 5.32 Å². The van der Waals surface area contributed by atoms with E-state index in [0.29, 0.717) is 0 Å². The Hall–Kier alpha value is -0.570. The Balaban J connectivity index is 1.68. The highest BCUT2D eigenvalue weighted by molar-refractivity contribution is 7.13. The zero-order valence-electron chi connectivity index (χ0n) is 7.57. The lowest BCUT2D eigenvalue weighted by Gasteiger charge is -2.22. The van der Waals surface area contributed by atoms with E-state index in [0.717, 1.165) is 23.0 Å². The Morgan fingerprint density at radius 2 is 2.38 bits per heavy atom. The summed E-state index contributed by atoms with van der Waals surface area (Å²) < 4.78 is 0. The molecule has 0 aromatic carbocycles. The number of aromatic nitrogens is 1. The molecule has 3 heteroatoms. The van der Waals surface area contributed by atoms with Gasteiger partial charge in [0.15, 0.2) is 5.13 Å². The molecule has 3 rings (SSSR count). The van der Waals surface area contributed by atoms with Gasteiger partial charge in [-0.15, -0.1) is 11.3 Å². The fourth-order valence-electron chi connectivity index (χ4n) is 2.87. The molecule has 1 N–H and O–H groups in total. The first-order chi connectivity index (χ1) is 6.42. The molecule has 2 bridgehead atoms. The van der Waals surface area contributed by atoms with Gasteiger partial charge in [-0.05, 0) is 31.1 Å². The zero-order valence-corrected chi connectivity index (χ0v) is 8.39. The second kappa shape index (κ2) is 2.98. The van der Waals surface area contributed by atoms with Crippen molar-refractivity contribution in [3.05, 3.63) is 11.6 Å². The minimum Gasteiger partial charge on any atom is -0.359 e. The van der Waals surface area contributed by atoms with Crippen LogP contribution in [0.3, 0.4) is 0 Å². The van der Waals surface area contributed by atoms with Gasteiger partial charge in [0.25, 0.3) is 0 Å². The first-order valence-corrected chi connectivity index (χ1v) is 5.96. The molecule has 0 amide bonds. The number of nitrogens with one attached hydrogen (secondary N) is 1. The molecule has 70 valence electrons. The minimum atomic E-state index is 0.727. The Morgan fingerprint density at radius 3 is 3.00 bits per heavy atom.